The van der Waals surface area contributed by atoms with Crippen molar-refractivity contribution in [1.29, 1.82) is 0 Å². The molecule has 0 spiro atoms. The van der Waals surface area contributed by atoms with Gasteiger partial charge in [0, 0.05) is 25.9 Å². The number of hydrogen-bond donors (Lipinski definition) is 1. The zero-order valence-corrected chi connectivity index (χ0v) is 15.7. The molecule has 0 bridgehead atoms. The van der Waals surface area contributed by atoms with Gasteiger partial charge < -0.3 is 19.7 Å². The van der Waals surface area contributed by atoms with Crippen LogP contribution in [0.25, 0.3) is 0 Å². The van der Waals surface area contributed by atoms with Crippen molar-refractivity contribution >= 4 is 11.8 Å². The number of nitrogens with one attached hydrogen (secondary N) is 1. The lowest BCUT2D eigenvalue weighted by Crippen LogP contribution is -2.38. The van der Waals surface area contributed by atoms with Crippen LogP contribution in [0.2, 0.25) is 0 Å². The second kappa shape index (κ2) is 8.19. The molecular formula is C21H28N2O4. The summed E-state index contributed by atoms with van der Waals surface area (Å²) in [4.78, 5) is 26.5. The van der Waals surface area contributed by atoms with Gasteiger partial charge in [-0.2, -0.15) is 0 Å². The molecule has 27 heavy (non-hydrogen) atoms. The first-order valence-electron chi connectivity index (χ1n) is 10.1. The van der Waals surface area contributed by atoms with E-state index in [1.165, 1.54) is 32.1 Å². The average molecular weight is 372 g/mol. The molecular weight excluding hydrogens is 344 g/mol. The predicted octanol–water partition coefficient (Wildman–Crippen LogP) is 2.65. The summed E-state index contributed by atoms with van der Waals surface area (Å²) in [6.45, 7) is 1.78. The summed E-state index contributed by atoms with van der Waals surface area (Å²) >= 11 is 0. The fraction of sp³-hybridized carbons (Fsp3) is 0.619. The van der Waals surface area contributed by atoms with Crippen LogP contribution in [0.1, 0.15) is 50.5 Å². The maximum atomic E-state index is 12.3. The van der Waals surface area contributed by atoms with E-state index in [1.807, 2.05) is 23.1 Å². The maximum absolute atomic E-state index is 12.3. The third-order valence-corrected chi connectivity index (χ3v) is 5.86. The number of carbonyl (C=O) groups is 2. The van der Waals surface area contributed by atoms with E-state index in [1.54, 1.807) is 0 Å². The Morgan fingerprint density at radius 3 is 2.81 bits per heavy atom. The van der Waals surface area contributed by atoms with Crippen molar-refractivity contribution in [3.8, 4) is 11.5 Å². The number of aryl methyl sites for hydroxylation is 1. The van der Waals surface area contributed by atoms with Crippen molar-refractivity contribution in [3.63, 3.8) is 0 Å². The van der Waals surface area contributed by atoms with Crippen LogP contribution in [0, 0.1) is 5.92 Å². The van der Waals surface area contributed by atoms with Gasteiger partial charge >= 0.3 is 0 Å². The third-order valence-electron chi connectivity index (χ3n) is 5.86. The molecule has 1 saturated heterocycles. The van der Waals surface area contributed by atoms with E-state index in [-0.39, 0.29) is 24.6 Å². The highest BCUT2D eigenvalue weighted by atomic mass is 16.7. The third kappa shape index (κ3) is 4.54. The minimum absolute atomic E-state index is 0.00461. The first-order chi connectivity index (χ1) is 13.2. The fourth-order valence-electron chi connectivity index (χ4n) is 4.38. The molecule has 6 heteroatoms. The molecule has 1 saturated carbocycles. The normalized spacial score (nSPS) is 22.3. The van der Waals surface area contributed by atoms with Crippen molar-refractivity contribution in [2.45, 2.75) is 57.4 Å². The second-order valence-corrected chi connectivity index (χ2v) is 7.96. The lowest BCUT2D eigenvalue weighted by atomic mass is 9.89. The van der Waals surface area contributed by atoms with Crippen LogP contribution in [-0.2, 0) is 16.0 Å². The second-order valence-electron chi connectivity index (χ2n) is 7.96. The van der Waals surface area contributed by atoms with Gasteiger partial charge in [-0.05, 0) is 42.9 Å². The highest BCUT2D eigenvalue weighted by Gasteiger charge is 2.32. The van der Waals surface area contributed by atoms with Crippen LogP contribution in [0.4, 0.5) is 0 Å². The predicted molar refractivity (Wildman–Crippen MR) is 101 cm³/mol. The van der Waals surface area contributed by atoms with Crippen molar-refractivity contribution in [1.82, 2.24) is 10.2 Å². The highest BCUT2D eigenvalue weighted by molar-refractivity contribution is 5.82. The van der Waals surface area contributed by atoms with Gasteiger partial charge in [0.15, 0.2) is 11.5 Å². The lowest BCUT2D eigenvalue weighted by molar-refractivity contribution is -0.128. The minimum atomic E-state index is -0.0506. The summed E-state index contributed by atoms with van der Waals surface area (Å²) in [6.07, 6.45) is 7.85. The van der Waals surface area contributed by atoms with E-state index in [0.717, 1.165) is 23.6 Å². The SMILES string of the molecule is O=C(CCc1ccc2c(c1)OCO2)N[C@@H]1CC(=O)N(CC2CCCCC2)C1. The number of likely N-dealkylation sites (tertiary alicyclic amines) is 1. The smallest absolute Gasteiger partial charge is 0.231 e. The van der Waals surface area contributed by atoms with Crippen LogP contribution >= 0.6 is 0 Å². The molecule has 2 aliphatic heterocycles. The van der Waals surface area contributed by atoms with Crippen molar-refractivity contribution in [2.24, 2.45) is 5.92 Å². The number of amides is 2. The maximum Gasteiger partial charge on any atom is 0.231 e. The first-order valence-corrected chi connectivity index (χ1v) is 10.1. The molecule has 1 aromatic rings. The summed E-state index contributed by atoms with van der Waals surface area (Å²) in [5.41, 5.74) is 1.05. The molecule has 4 rings (SSSR count). The van der Waals surface area contributed by atoms with E-state index < -0.39 is 0 Å². The number of fused-ring (bicyclic) bond motifs is 1. The molecule has 1 aliphatic carbocycles. The summed E-state index contributed by atoms with van der Waals surface area (Å²) in [7, 11) is 0. The summed E-state index contributed by atoms with van der Waals surface area (Å²) in [6, 6.07) is 5.73. The monoisotopic (exact) mass is 372 g/mol. The van der Waals surface area contributed by atoms with E-state index >= 15 is 0 Å². The van der Waals surface area contributed by atoms with E-state index in [0.29, 0.717) is 31.7 Å². The van der Waals surface area contributed by atoms with Crippen LogP contribution < -0.4 is 14.8 Å². The molecule has 2 amide bonds. The fourth-order valence-corrected chi connectivity index (χ4v) is 4.38. The zero-order chi connectivity index (χ0) is 18.6. The molecule has 0 aromatic heterocycles. The standard InChI is InChI=1S/C21H28N2O4/c24-20(9-7-15-6-8-18-19(10-15)27-14-26-18)22-17-11-21(25)23(13-17)12-16-4-2-1-3-5-16/h6,8,10,16-17H,1-5,7,9,11-14H2,(H,22,24)/t17-/m1/s1. The number of nitrogens with zero attached hydrogens (tertiary/aromatic N) is 1. The van der Waals surface area contributed by atoms with Crippen molar-refractivity contribution < 1.29 is 19.1 Å². The Morgan fingerprint density at radius 1 is 1.15 bits per heavy atom. The molecule has 1 aromatic carbocycles. The number of benzene rings is 1. The molecule has 0 unspecified atom stereocenters. The number of rotatable bonds is 6. The van der Waals surface area contributed by atoms with Crippen LogP contribution in [-0.4, -0.2) is 42.6 Å². The summed E-state index contributed by atoms with van der Waals surface area (Å²) in [5, 5.41) is 3.04. The highest BCUT2D eigenvalue weighted by Crippen LogP contribution is 2.32. The van der Waals surface area contributed by atoms with E-state index in [4.69, 9.17) is 9.47 Å². The van der Waals surface area contributed by atoms with Crippen LogP contribution in [0.3, 0.4) is 0 Å². The molecule has 2 heterocycles. The van der Waals surface area contributed by atoms with Gasteiger partial charge in [0.1, 0.15) is 0 Å². The topological polar surface area (TPSA) is 67.9 Å². The Morgan fingerprint density at radius 2 is 1.96 bits per heavy atom. The first kappa shape index (κ1) is 18.1. The van der Waals surface area contributed by atoms with Gasteiger partial charge in [-0.1, -0.05) is 25.3 Å². The summed E-state index contributed by atoms with van der Waals surface area (Å²) in [5.74, 6) is 2.33. The Kier molecular flexibility index (Phi) is 5.50. The van der Waals surface area contributed by atoms with Gasteiger partial charge in [-0.25, -0.2) is 0 Å². The van der Waals surface area contributed by atoms with Gasteiger partial charge in [-0.3, -0.25) is 9.59 Å². The van der Waals surface area contributed by atoms with Crippen molar-refractivity contribution in [2.75, 3.05) is 19.9 Å². The van der Waals surface area contributed by atoms with Gasteiger partial charge in [0.2, 0.25) is 18.6 Å². The quantitative estimate of drug-likeness (QED) is 0.834. The Balaban J connectivity index is 1.22. The molecule has 146 valence electrons. The van der Waals surface area contributed by atoms with Gasteiger partial charge in [0.05, 0.1) is 6.04 Å². The number of carbonyl (C=O) groups excluding carboxylic acids is 2. The van der Waals surface area contributed by atoms with Crippen LogP contribution in [0.15, 0.2) is 18.2 Å². The number of ether oxygens (including phenoxy) is 2. The Hall–Kier alpha value is -2.24. The van der Waals surface area contributed by atoms with Crippen molar-refractivity contribution in [3.05, 3.63) is 23.8 Å². The molecule has 1 N–H and O–H groups in total. The number of hydrogen-bond acceptors (Lipinski definition) is 4. The lowest BCUT2D eigenvalue weighted by Gasteiger charge is -2.27. The molecule has 2 fully saturated rings. The van der Waals surface area contributed by atoms with Gasteiger partial charge in [-0.15, -0.1) is 0 Å². The van der Waals surface area contributed by atoms with E-state index in [9.17, 15) is 9.59 Å². The zero-order valence-electron chi connectivity index (χ0n) is 15.7. The molecule has 0 radical (unpaired) electrons. The molecule has 6 nitrogen and oxygen atoms in total. The Labute approximate surface area is 160 Å². The largest absolute Gasteiger partial charge is 0.454 e. The minimum Gasteiger partial charge on any atom is -0.454 e. The summed E-state index contributed by atoms with van der Waals surface area (Å²) < 4.78 is 10.7. The van der Waals surface area contributed by atoms with E-state index in [2.05, 4.69) is 5.32 Å². The van der Waals surface area contributed by atoms with Crippen LogP contribution in [0.5, 0.6) is 11.5 Å². The molecule has 3 aliphatic rings. The Bertz CT molecular complexity index is 699. The average Bonchev–Trinajstić information content (AvgIpc) is 3.27. The molecule has 1 atom stereocenters. The van der Waals surface area contributed by atoms with Gasteiger partial charge in [0.25, 0.3) is 0 Å².